The molecule has 1 fully saturated rings. The Bertz CT molecular complexity index is 348. The number of benzene rings is 1. The van der Waals surface area contributed by atoms with Crippen LogP contribution < -0.4 is 10.6 Å². The van der Waals surface area contributed by atoms with Gasteiger partial charge < -0.3 is 15.7 Å². The summed E-state index contributed by atoms with van der Waals surface area (Å²) in [5, 5.41) is 15.1. The molecule has 0 saturated carbocycles. The van der Waals surface area contributed by atoms with Gasteiger partial charge in [-0.15, -0.1) is 0 Å². The lowest BCUT2D eigenvalue weighted by atomic mass is 10.0. The molecule has 4 nitrogen and oxygen atoms in total. The first-order valence-corrected chi connectivity index (χ1v) is 4.57. The van der Waals surface area contributed by atoms with E-state index >= 15 is 0 Å². The molecular formula is C10H12N2O2. The van der Waals surface area contributed by atoms with E-state index in [1.54, 1.807) is 24.3 Å². The summed E-state index contributed by atoms with van der Waals surface area (Å²) >= 11 is 0. The quantitative estimate of drug-likeness (QED) is 0.600. The normalized spacial score (nSPS) is 16.0. The number of aromatic hydroxyl groups is 1. The maximum atomic E-state index is 11.5. The minimum atomic E-state index is -0.0368. The lowest BCUT2D eigenvalue weighted by Crippen LogP contribution is -2.48. The van der Waals surface area contributed by atoms with E-state index in [-0.39, 0.29) is 17.6 Å². The van der Waals surface area contributed by atoms with Crippen LogP contribution in [0.1, 0.15) is 0 Å². The summed E-state index contributed by atoms with van der Waals surface area (Å²) in [5.74, 6) is 0.105. The van der Waals surface area contributed by atoms with Crippen molar-refractivity contribution in [3.63, 3.8) is 0 Å². The van der Waals surface area contributed by atoms with Crippen molar-refractivity contribution in [2.75, 3.05) is 18.4 Å². The van der Waals surface area contributed by atoms with Crippen LogP contribution in [0.15, 0.2) is 24.3 Å². The summed E-state index contributed by atoms with van der Waals surface area (Å²) in [7, 11) is 0. The van der Waals surface area contributed by atoms with Crippen molar-refractivity contribution in [3.05, 3.63) is 24.3 Å². The second-order valence-corrected chi connectivity index (χ2v) is 3.36. The molecule has 1 aliphatic rings. The smallest absolute Gasteiger partial charge is 0.230 e. The molecule has 0 bridgehead atoms. The zero-order chi connectivity index (χ0) is 9.97. The van der Waals surface area contributed by atoms with Crippen LogP contribution in [-0.2, 0) is 4.79 Å². The highest BCUT2D eigenvalue weighted by Gasteiger charge is 2.25. The number of phenols is 1. The van der Waals surface area contributed by atoms with Gasteiger partial charge in [0.2, 0.25) is 5.91 Å². The first kappa shape index (κ1) is 9.02. The Hall–Kier alpha value is -1.55. The molecule has 2 rings (SSSR count). The van der Waals surface area contributed by atoms with Crippen molar-refractivity contribution in [2.24, 2.45) is 5.92 Å². The molecule has 14 heavy (non-hydrogen) atoms. The highest BCUT2D eigenvalue weighted by molar-refractivity contribution is 5.94. The topological polar surface area (TPSA) is 61.4 Å². The van der Waals surface area contributed by atoms with Gasteiger partial charge in [-0.1, -0.05) is 12.1 Å². The fourth-order valence-electron chi connectivity index (χ4n) is 1.29. The minimum Gasteiger partial charge on any atom is -0.506 e. The van der Waals surface area contributed by atoms with Gasteiger partial charge in [0, 0.05) is 13.1 Å². The molecule has 3 N–H and O–H groups in total. The molecule has 1 saturated heterocycles. The van der Waals surface area contributed by atoms with Gasteiger partial charge in [-0.3, -0.25) is 4.79 Å². The van der Waals surface area contributed by atoms with Crippen molar-refractivity contribution in [3.8, 4) is 5.75 Å². The molecule has 0 spiro atoms. The molecule has 0 aliphatic carbocycles. The van der Waals surface area contributed by atoms with Gasteiger partial charge in [-0.05, 0) is 12.1 Å². The van der Waals surface area contributed by atoms with Crippen LogP contribution in [0.5, 0.6) is 5.75 Å². The van der Waals surface area contributed by atoms with E-state index in [0.717, 1.165) is 13.1 Å². The number of carbonyl (C=O) groups is 1. The van der Waals surface area contributed by atoms with E-state index in [2.05, 4.69) is 10.6 Å². The Labute approximate surface area is 81.9 Å². The van der Waals surface area contributed by atoms with E-state index in [1.165, 1.54) is 0 Å². The van der Waals surface area contributed by atoms with Crippen molar-refractivity contribution in [1.29, 1.82) is 0 Å². The lowest BCUT2D eigenvalue weighted by Gasteiger charge is -2.25. The number of amides is 1. The van der Waals surface area contributed by atoms with Crippen molar-refractivity contribution in [2.45, 2.75) is 0 Å². The van der Waals surface area contributed by atoms with Crippen LogP contribution in [-0.4, -0.2) is 24.1 Å². The molecule has 74 valence electrons. The first-order valence-electron chi connectivity index (χ1n) is 4.57. The highest BCUT2D eigenvalue weighted by atomic mass is 16.3. The van der Waals surface area contributed by atoms with Gasteiger partial charge in [-0.2, -0.15) is 0 Å². The number of nitrogens with one attached hydrogen (secondary N) is 2. The molecule has 0 atom stereocenters. The van der Waals surface area contributed by atoms with Gasteiger partial charge in [0.05, 0.1) is 11.6 Å². The molecule has 0 radical (unpaired) electrons. The number of hydrogen-bond acceptors (Lipinski definition) is 3. The van der Waals surface area contributed by atoms with Gasteiger partial charge in [0.1, 0.15) is 5.75 Å². The zero-order valence-corrected chi connectivity index (χ0v) is 7.66. The van der Waals surface area contributed by atoms with E-state index in [1.807, 2.05) is 0 Å². The number of anilines is 1. The molecule has 4 heteroatoms. The van der Waals surface area contributed by atoms with E-state index < -0.39 is 0 Å². The fraction of sp³-hybridized carbons (Fsp3) is 0.300. The summed E-state index contributed by atoms with van der Waals surface area (Å²) in [6.07, 6.45) is 0. The minimum absolute atomic E-state index is 0.0367. The average Bonchev–Trinajstić information content (AvgIpc) is 2.05. The third-order valence-electron chi connectivity index (χ3n) is 2.31. The van der Waals surface area contributed by atoms with Crippen LogP contribution in [0.4, 0.5) is 5.69 Å². The third-order valence-corrected chi connectivity index (χ3v) is 2.31. The number of carbonyl (C=O) groups excluding carboxylic acids is 1. The summed E-state index contributed by atoms with van der Waals surface area (Å²) in [6, 6.07) is 6.72. The van der Waals surface area contributed by atoms with Crippen molar-refractivity contribution in [1.82, 2.24) is 5.32 Å². The Morgan fingerprint density at radius 3 is 2.71 bits per heavy atom. The molecule has 1 aliphatic heterocycles. The lowest BCUT2D eigenvalue weighted by molar-refractivity contribution is -0.121. The number of rotatable bonds is 2. The summed E-state index contributed by atoms with van der Waals surface area (Å²) in [5.41, 5.74) is 0.476. The van der Waals surface area contributed by atoms with Gasteiger partial charge in [0.15, 0.2) is 0 Å². The molecule has 1 amide bonds. The Morgan fingerprint density at radius 2 is 2.14 bits per heavy atom. The molecule has 0 aromatic heterocycles. The molecule has 1 heterocycles. The predicted molar refractivity (Wildman–Crippen MR) is 53.1 cm³/mol. The molecule has 0 unspecified atom stereocenters. The number of para-hydroxylation sites is 2. The van der Waals surface area contributed by atoms with Crippen LogP contribution in [0, 0.1) is 5.92 Å². The largest absolute Gasteiger partial charge is 0.506 e. The Morgan fingerprint density at radius 1 is 1.43 bits per heavy atom. The molecule has 1 aromatic carbocycles. The van der Waals surface area contributed by atoms with Gasteiger partial charge in [-0.25, -0.2) is 0 Å². The second kappa shape index (κ2) is 3.67. The Kier molecular flexibility index (Phi) is 2.37. The predicted octanol–water partition coefficient (Wildman–Crippen LogP) is 0.550. The first-order chi connectivity index (χ1) is 6.77. The zero-order valence-electron chi connectivity index (χ0n) is 7.66. The third kappa shape index (κ3) is 1.70. The number of hydrogen-bond donors (Lipinski definition) is 3. The van der Waals surface area contributed by atoms with Crippen LogP contribution >= 0.6 is 0 Å². The van der Waals surface area contributed by atoms with Gasteiger partial charge >= 0.3 is 0 Å². The second-order valence-electron chi connectivity index (χ2n) is 3.36. The average molecular weight is 192 g/mol. The maximum Gasteiger partial charge on any atom is 0.230 e. The SMILES string of the molecule is O=C(Nc1ccccc1O)C1CNC1. The monoisotopic (exact) mass is 192 g/mol. The van der Waals surface area contributed by atoms with E-state index in [0.29, 0.717) is 5.69 Å². The number of phenolic OH excluding ortho intramolecular Hbond substituents is 1. The summed E-state index contributed by atoms with van der Waals surface area (Å²) < 4.78 is 0. The fourth-order valence-corrected chi connectivity index (χ4v) is 1.29. The van der Waals surface area contributed by atoms with E-state index in [4.69, 9.17) is 0 Å². The maximum absolute atomic E-state index is 11.5. The Balaban J connectivity index is 2.03. The van der Waals surface area contributed by atoms with Crippen molar-refractivity contribution >= 4 is 11.6 Å². The highest BCUT2D eigenvalue weighted by Crippen LogP contribution is 2.22. The summed E-state index contributed by atoms with van der Waals surface area (Å²) in [4.78, 5) is 11.5. The van der Waals surface area contributed by atoms with Gasteiger partial charge in [0.25, 0.3) is 0 Å². The van der Waals surface area contributed by atoms with E-state index in [9.17, 15) is 9.90 Å². The molecule has 1 aromatic rings. The van der Waals surface area contributed by atoms with Crippen LogP contribution in [0.3, 0.4) is 0 Å². The van der Waals surface area contributed by atoms with Crippen molar-refractivity contribution < 1.29 is 9.90 Å². The standard InChI is InChI=1S/C10H12N2O2/c13-9-4-2-1-3-8(9)12-10(14)7-5-11-6-7/h1-4,7,11,13H,5-6H2,(H,12,14). The molecular weight excluding hydrogens is 180 g/mol. The summed E-state index contributed by atoms with van der Waals surface area (Å²) in [6.45, 7) is 1.44. The van der Waals surface area contributed by atoms with Crippen LogP contribution in [0.2, 0.25) is 0 Å². The van der Waals surface area contributed by atoms with Crippen LogP contribution in [0.25, 0.3) is 0 Å².